The second-order valence-corrected chi connectivity index (χ2v) is 8.88. The van der Waals surface area contributed by atoms with Gasteiger partial charge in [-0.2, -0.15) is 4.98 Å². The highest BCUT2D eigenvalue weighted by molar-refractivity contribution is 7.89. The van der Waals surface area contributed by atoms with Gasteiger partial charge in [0.15, 0.2) is 17.7 Å². The summed E-state index contributed by atoms with van der Waals surface area (Å²) in [6, 6.07) is 9.17. The van der Waals surface area contributed by atoms with Gasteiger partial charge in [-0.05, 0) is 62.2 Å². The number of aryl methyl sites for hydroxylation is 2. The van der Waals surface area contributed by atoms with Crippen molar-refractivity contribution in [1.29, 1.82) is 0 Å². The predicted octanol–water partition coefficient (Wildman–Crippen LogP) is 2.62. The highest BCUT2D eigenvalue weighted by Gasteiger charge is 2.16. The number of anilines is 4. The summed E-state index contributed by atoms with van der Waals surface area (Å²) in [6.45, 7) is 5.11. The van der Waals surface area contributed by atoms with Crippen molar-refractivity contribution in [3.05, 3.63) is 59.5 Å². The molecular formula is C21H23FN6O4S. The number of rotatable bonds is 8. The second-order valence-electron chi connectivity index (χ2n) is 7.31. The molecule has 33 heavy (non-hydrogen) atoms. The van der Waals surface area contributed by atoms with Crippen molar-refractivity contribution in [2.45, 2.75) is 31.8 Å². The van der Waals surface area contributed by atoms with Gasteiger partial charge in [0.1, 0.15) is 5.75 Å². The molecule has 2 aromatic carbocycles. The van der Waals surface area contributed by atoms with Gasteiger partial charge in [0.2, 0.25) is 16.0 Å². The summed E-state index contributed by atoms with van der Waals surface area (Å²) in [5.74, 6) is -0.847. The van der Waals surface area contributed by atoms with E-state index in [2.05, 4.69) is 20.6 Å². The van der Waals surface area contributed by atoms with Gasteiger partial charge in [0, 0.05) is 11.4 Å². The number of primary sulfonamides is 1. The number of benzene rings is 2. The number of halogens is 1. The van der Waals surface area contributed by atoms with Gasteiger partial charge in [0.25, 0.3) is 5.91 Å². The van der Waals surface area contributed by atoms with Crippen LogP contribution in [0, 0.1) is 19.7 Å². The molecule has 6 N–H and O–H groups in total. The molecule has 1 atom stereocenters. The molecule has 1 heterocycles. The van der Waals surface area contributed by atoms with Gasteiger partial charge in [-0.3, -0.25) is 4.79 Å². The summed E-state index contributed by atoms with van der Waals surface area (Å²) in [5.41, 5.74) is 7.56. The zero-order valence-electron chi connectivity index (χ0n) is 18.1. The van der Waals surface area contributed by atoms with E-state index in [1.807, 2.05) is 0 Å². The average molecular weight is 475 g/mol. The Labute approximate surface area is 190 Å². The fourth-order valence-electron chi connectivity index (χ4n) is 2.97. The normalized spacial score (nSPS) is 12.2. The van der Waals surface area contributed by atoms with Gasteiger partial charge >= 0.3 is 0 Å². The number of carbonyl (C=O) groups excluding carboxylic acids is 1. The lowest BCUT2D eigenvalue weighted by atomic mass is 10.1. The molecule has 0 aliphatic rings. The summed E-state index contributed by atoms with van der Waals surface area (Å²) in [4.78, 5) is 19.2. The topological polar surface area (TPSA) is 162 Å². The Kier molecular flexibility index (Phi) is 6.79. The predicted molar refractivity (Wildman–Crippen MR) is 122 cm³/mol. The molecule has 3 rings (SSSR count). The van der Waals surface area contributed by atoms with Gasteiger partial charge < -0.3 is 21.1 Å². The van der Waals surface area contributed by atoms with Crippen LogP contribution in [-0.4, -0.2) is 30.4 Å². The first kappa shape index (κ1) is 23.9. The van der Waals surface area contributed by atoms with Crippen molar-refractivity contribution in [2.75, 3.05) is 10.6 Å². The Balaban J connectivity index is 1.84. The van der Waals surface area contributed by atoms with Crippen LogP contribution in [0.25, 0.3) is 0 Å². The number of ether oxygens (including phenoxy) is 1. The Morgan fingerprint density at radius 2 is 1.79 bits per heavy atom. The summed E-state index contributed by atoms with van der Waals surface area (Å²) < 4.78 is 43.1. The fraction of sp³-hybridized carbons (Fsp3) is 0.190. The van der Waals surface area contributed by atoms with E-state index >= 15 is 0 Å². The molecule has 0 fully saturated rings. The van der Waals surface area contributed by atoms with Crippen LogP contribution < -0.4 is 26.2 Å². The minimum atomic E-state index is -3.89. The van der Waals surface area contributed by atoms with Crippen LogP contribution in [0.15, 0.2) is 47.5 Å². The van der Waals surface area contributed by atoms with Gasteiger partial charge in [0.05, 0.1) is 11.1 Å². The molecule has 0 bridgehead atoms. The zero-order chi connectivity index (χ0) is 24.3. The lowest BCUT2D eigenvalue weighted by Gasteiger charge is -2.18. The summed E-state index contributed by atoms with van der Waals surface area (Å²) >= 11 is 0. The van der Waals surface area contributed by atoms with E-state index < -0.39 is 27.9 Å². The van der Waals surface area contributed by atoms with Gasteiger partial charge in [-0.1, -0.05) is 6.07 Å². The molecular weight excluding hydrogens is 451 g/mol. The Bertz CT molecular complexity index is 1290. The van der Waals surface area contributed by atoms with Crippen LogP contribution >= 0.6 is 0 Å². The number of amides is 1. The first-order chi connectivity index (χ1) is 15.4. The largest absolute Gasteiger partial charge is 0.480 e. The minimum absolute atomic E-state index is 0.0362. The number of sulfonamides is 1. The van der Waals surface area contributed by atoms with Crippen molar-refractivity contribution in [3.63, 3.8) is 0 Å². The maximum absolute atomic E-state index is 14.4. The van der Waals surface area contributed by atoms with Crippen molar-refractivity contribution < 1.29 is 22.3 Å². The van der Waals surface area contributed by atoms with Gasteiger partial charge in [-0.25, -0.2) is 22.9 Å². The van der Waals surface area contributed by atoms with Crippen molar-refractivity contribution >= 4 is 39.1 Å². The van der Waals surface area contributed by atoms with E-state index in [-0.39, 0.29) is 16.7 Å². The van der Waals surface area contributed by atoms with E-state index in [4.69, 9.17) is 15.6 Å². The van der Waals surface area contributed by atoms with Crippen LogP contribution in [0.2, 0.25) is 0 Å². The van der Waals surface area contributed by atoms with E-state index in [0.29, 0.717) is 28.3 Å². The van der Waals surface area contributed by atoms with Crippen LogP contribution in [0.1, 0.15) is 18.1 Å². The molecule has 1 unspecified atom stereocenters. The number of hydrogen-bond donors (Lipinski definition) is 4. The molecule has 1 amide bonds. The Morgan fingerprint density at radius 3 is 2.39 bits per heavy atom. The van der Waals surface area contributed by atoms with Crippen LogP contribution in [0.4, 0.5) is 27.5 Å². The lowest BCUT2D eigenvalue weighted by molar-refractivity contribution is -0.124. The molecule has 0 aliphatic carbocycles. The molecule has 0 radical (unpaired) electrons. The van der Waals surface area contributed by atoms with Crippen molar-refractivity contribution in [2.24, 2.45) is 10.9 Å². The molecule has 0 aliphatic heterocycles. The van der Waals surface area contributed by atoms with E-state index in [0.717, 1.165) is 6.20 Å². The average Bonchev–Trinajstić information content (AvgIpc) is 2.72. The molecule has 0 saturated heterocycles. The molecule has 0 spiro atoms. The minimum Gasteiger partial charge on any atom is -0.480 e. The first-order valence-corrected chi connectivity index (χ1v) is 11.3. The monoisotopic (exact) mass is 474 g/mol. The maximum atomic E-state index is 14.4. The molecule has 174 valence electrons. The molecule has 0 saturated carbocycles. The number of nitrogens with zero attached hydrogens (tertiary/aromatic N) is 2. The third-order valence-electron chi connectivity index (χ3n) is 4.58. The van der Waals surface area contributed by atoms with Crippen LogP contribution in [-0.2, 0) is 14.8 Å². The highest BCUT2D eigenvalue weighted by atomic mass is 32.2. The maximum Gasteiger partial charge on any atom is 0.258 e. The Hall–Kier alpha value is -3.77. The molecule has 3 aromatic rings. The second kappa shape index (κ2) is 9.38. The zero-order valence-corrected chi connectivity index (χ0v) is 18.9. The highest BCUT2D eigenvalue weighted by Crippen LogP contribution is 2.30. The molecule has 12 heteroatoms. The van der Waals surface area contributed by atoms with Crippen LogP contribution in [0.3, 0.4) is 0 Å². The summed E-state index contributed by atoms with van der Waals surface area (Å²) in [6.07, 6.45) is 0.175. The lowest BCUT2D eigenvalue weighted by Crippen LogP contribution is -2.31. The quantitative estimate of drug-likeness (QED) is 0.387. The van der Waals surface area contributed by atoms with Gasteiger partial charge in [-0.15, -0.1) is 0 Å². The number of nitrogens with two attached hydrogens (primary N) is 2. The fourth-order valence-corrected chi connectivity index (χ4v) is 3.53. The van der Waals surface area contributed by atoms with E-state index in [1.54, 1.807) is 39.0 Å². The summed E-state index contributed by atoms with van der Waals surface area (Å²) in [7, 11) is -3.89. The number of carbonyl (C=O) groups is 1. The number of nitrogens with one attached hydrogen (secondary N) is 2. The number of hydrogen-bond acceptors (Lipinski definition) is 8. The third-order valence-corrected chi connectivity index (χ3v) is 5.49. The van der Waals surface area contributed by atoms with Crippen molar-refractivity contribution in [3.8, 4) is 5.75 Å². The molecule has 1 aromatic heterocycles. The molecule has 10 nitrogen and oxygen atoms in total. The number of primary amides is 1. The third kappa shape index (κ3) is 5.93. The van der Waals surface area contributed by atoms with E-state index in [9.17, 15) is 17.6 Å². The smallest absolute Gasteiger partial charge is 0.258 e. The number of aromatic nitrogens is 2. The first-order valence-electron chi connectivity index (χ1n) is 9.70. The van der Waals surface area contributed by atoms with Crippen LogP contribution in [0.5, 0.6) is 5.75 Å². The Morgan fingerprint density at radius 1 is 1.12 bits per heavy atom. The SMILES string of the molecule is Cc1cc(Nc2nc(Nc3cccc(S(N)(=O)=O)c3)ncc2F)cc(C)c1OC(C)C(N)=O. The van der Waals surface area contributed by atoms with Crippen molar-refractivity contribution in [1.82, 2.24) is 9.97 Å². The van der Waals surface area contributed by atoms with E-state index in [1.165, 1.54) is 18.2 Å². The standard InChI is InChI=1S/C21H23FN6O4S/c1-11-7-15(8-12(2)18(11)32-13(3)19(23)29)26-20-17(22)10-25-21(28-20)27-14-5-4-6-16(9-14)33(24,30)31/h4-10,13H,1-3H3,(H2,23,29)(H2,24,30,31)(H2,25,26,27,28). The summed E-state index contributed by atoms with van der Waals surface area (Å²) in [5, 5.41) is 10.9.